The van der Waals surface area contributed by atoms with Crippen LogP contribution in [0.1, 0.15) is 44.6 Å². The van der Waals surface area contributed by atoms with Crippen LogP contribution in [-0.4, -0.2) is 25.1 Å². The van der Waals surface area contributed by atoms with E-state index in [1.807, 2.05) is 0 Å². The summed E-state index contributed by atoms with van der Waals surface area (Å²) in [6.07, 6.45) is 6.92. The maximum atomic E-state index is 2.34. The third-order valence-electron chi connectivity index (χ3n) is 3.21. The molecule has 1 aromatic rings. The molecule has 16 heavy (non-hydrogen) atoms. The monoisotopic (exact) mass is 221 g/mol. The topological polar surface area (TPSA) is 0 Å². The molecular weight excluding hydrogens is 194 g/mol. The molecule has 0 fully saturated rings. The van der Waals surface area contributed by atoms with Crippen LogP contribution in [0.15, 0.2) is 24.3 Å². The molecule has 0 aliphatic rings. The SMILES string of the molecule is CCCCCCC[N+](C)(C)Cc1cc[cH-]c1. The minimum atomic E-state index is 1.12. The molecule has 0 saturated carbocycles. The summed E-state index contributed by atoms with van der Waals surface area (Å²) in [7, 11) is 4.68. The lowest BCUT2D eigenvalue weighted by Gasteiger charge is -2.32. The fourth-order valence-electron chi connectivity index (χ4n) is 2.24. The van der Waals surface area contributed by atoms with Gasteiger partial charge in [0, 0.05) is 0 Å². The molecule has 0 heterocycles. The second-order valence-electron chi connectivity index (χ2n) is 5.52. The number of rotatable bonds is 8. The van der Waals surface area contributed by atoms with Gasteiger partial charge >= 0.3 is 0 Å². The van der Waals surface area contributed by atoms with Gasteiger partial charge < -0.3 is 4.48 Å². The highest BCUT2D eigenvalue weighted by Gasteiger charge is 2.11. The Labute approximate surface area is 101 Å². The van der Waals surface area contributed by atoms with E-state index in [-0.39, 0.29) is 0 Å². The molecule has 1 rings (SSSR count). The lowest BCUT2D eigenvalue weighted by atomic mass is 10.1. The van der Waals surface area contributed by atoms with Crippen molar-refractivity contribution in [1.29, 1.82) is 0 Å². The van der Waals surface area contributed by atoms with Crippen molar-refractivity contribution in [3.63, 3.8) is 0 Å². The van der Waals surface area contributed by atoms with Gasteiger partial charge in [0.15, 0.2) is 0 Å². The quantitative estimate of drug-likeness (QED) is 0.354. The van der Waals surface area contributed by atoms with Gasteiger partial charge in [-0.1, -0.05) is 26.2 Å². The van der Waals surface area contributed by atoms with E-state index in [2.05, 4.69) is 45.3 Å². The highest BCUT2D eigenvalue weighted by atomic mass is 15.3. The average molecular weight is 221 g/mol. The normalized spacial score (nSPS) is 11.9. The smallest absolute Gasteiger partial charge is 0.0776 e. The van der Waals surface area contributed by atoms with Crippen LogP contribution >= 0.6 is 0 Å². The second-order valence-corrected chi connectivity index (χ2v) is 5.52. The van der Waals surface area contributed by atoms with E-state index in [1.165, 1.54) is 50.8 Å². The summed E-state index contributed by atoms with van der Waals surface area (Å²) >= 11 is 0. The molecule has 0 radical (unpaired) electrons. The molecule has 0 unspecified atom stereocenters. The first-order valence-corrected chi connectivity index (χ1v) is 6.66. The Bertz CT molecular complexity index is 259. The lowest BCUT2D eigenvalue weighted by molar-refractivity contribution is -0.903. The molecule has 92 valence electrons. The zero-order valence-electron chi connectivity index (χ0n) is 11.2. The van der Waals surface area contributed by atoms with Crippen LogP contribution in [0.2, 0.25) is 0 Å². The van der Waals surface area contributed by atoms with Crippen LogP contribution in [-0.2, 0) is 6.54 Å². The maximum Gasteiger partial charge on any atom is 0.0776 e. The van der Waals surface area contributed by atoms with E-state index < -0.39 is 0 Å². The van der Waals surface area contributed by atoms with Crippen molar-refractivity contribution in [3.8, 4) is 0 Å². The molecule has 0 spiro atoms. The maximum absolute atomic E-state index is 2.34. The summed E-state index contributed by atoms with van der Waals surface area (Å²) in [5, 5.41) is 0. The van der Waals surface area contributed by atoms with Crippen LogP contribution in [0.3, 0.4) is 0 Å². The molecular formula is C15H27N. The minimum Gasteiger partial charge on any atom is -0.335 e. The third-order valence-corrected chi connectivity index (χ3v) is 3.21. The second kappa shape index (κ2) is 6.80. The van der Waals surface area contributed by atoms with Gasteiger partial charge in [-0.05, 0) is 12.8 Å². The zero-order valence-corrected chi connectivity index (χ0v) is 11.2. The molecule has 0 saturated heterocycles. The van der Waals surface area contributed by atoms with Gasteiger partial charge in [-0.3, -0.25) is 0 Å². The molecule has 0 bridgehead atoms. The summed E-state index contributed by atoms with van der Waals surface area (Å²) in [5.74, 6) is 0. The fourth-order valence-corrected chi connectivity index (χ4v) is 2.24. The summed E-state index contributed by atoms with van der Waals surface area (Å²) < 4.78 is 1.12. The molecule has 0 amide bonds. The highest BCUT2D eigenvalue weighted by molar-refractivity contribution is 5.14. The van der Waals surface area contributed by atoms with Gasteiger partial charge in [0.05, 0.1) is 27.2 Å². The van der Waals surface area contributed by atoms with Gasteiger partial charge in [-0.2, -0.15) is 18.2 Å². The van der Waals surface area contributed by atoms with Gasteiger partial charge in [0.25, 0.3) is 0 Å². The van der Waals surface area contributed by atoms with Gasteiger partial charge in [0.1, 0.15) is 0 Å². The van der Waals surface area contributed by atoms with Crippen molar-refractivity contribution in [2.75, 3.05) is 20.6 Å². The molecule has 0 aliphatic heterocycles. The molecule has 0 aromatic heterocycles. The van der Waals surface area contributed by atoms with E-state index in [0.717, 1.165) is 4.48 Å². The number of hydrogen-bond acceptors (Lipinski definition) is 0. The Morgan fingerprint density at radius 1 is 1.12 bits per heavy atom. The summed E-state index contributed by atoms with van der Waals surface area (Å²) in [6.45, 7) is 4.74. The predicted octanol–water partition coefficient (Wildman–Crippen LogP) is 3.95. The van der Waals surface area contributed by atoms with Crippen molar-refractivity contribution < 1.29 is 4.48 Å². The Kier molecular flexibility index (Phi) is 5.68. The summed E-state index contributed by atoms with van der Waals surface area (Å²) in [5.41, 5.74) is 1.47. The van der Waals surface area contributed by atoms with Crippen molar-refractivity contribution in [3.05, 3.63) is 29.8 Å². The van der Waals surface area contributed by atoms with Crippen molar-refractivity contribution >= 4 is 0 Å². The molecule has 1 aromatic carbocycles. The zero-order chi connectivity index (χ0) is 11.9. The first-order chi connectivity index (χ1) is 7.64. The standard InChI is InChI=1S/C15H27N/c1-4-5-6-7-10-13-16(2,3)14-15-11-8-9-12-15/h8-9,11-12H,4-7,10,13-14H2,1-3H3. The van der Waals surface area contributed by atoms with Crippen LogP contribution in [0.25, 0.3) is 0 Å². The Hall–Kier alpha value is -0.690. The number of unbranched alkanes of at least 4 members (excludes halogenated alkanes) is 4. The first kappa shape index (κ1) is 13.4. The van der Waals surface area contributed by atoms with E-state index in [0.29, 0.717) is 0 Å². The van der Waals surface area contributed by atoms with Crippen LogP contribution in [0.4, 0.5) is 0 Å². The van der Waals surface area contributed by atoms with Crippen molar-refractivity contribution in [2.24, 2.45) is 0 Å². The van der Waals surface area contributed by atoms with Gasteiger partial charge in [-0.15, -0.1) is 5.56 Å². The molecule has 0 N–H and O–H groups in total. The number of hydrogen-bond donors (Lipinski definition) is 0. The van der Waals surface area contributed by atoms with Gasteiger partial charge in [0.2, 0.25) is 0 Å². The Morgan fingerprint density at radius 3 is 2.50 bits per heavy atom. The van der Waals surface area contributed by atoms with E-state index in [1.54, 1.807) is 0 Å². The van der Waals surface area contributed by atoms with Crippen molar-refractivity contribution in [2.45, 2.75) is 45.6 Å². The first-order valence-electron chi connectivity index (χ1n) is 6.66. The predicted molar refractivity (Wildman–Crippen MR) is 71.5 cm³/mol. The number of nitrogens with zero attached hydrogens (tertiary/aromatic N) is 1. The average Bonchev–Trinajstić information content (AvgIpc) is 2.69. The third kappa shape index (κ3) is 5.41. The lowest BCUT2D eigenvalue weighted by Crippen LogP contribution is -2.39. The molecule has 0 atom stereocenters. The van der Waals surface area contributed by atoms with Crippen LogP contribution in [0, 0.1) is 0 Å². The highest BCUT2D eigenvalue weighted by Crippen LogP contribution is 2.12. The van der Waals surface area contributed by atoms with E-state index >= 15 is 0 Å². The fraction of sp³-hybridized carbons (Fsp3) is 0.667. The summed E-state index contributed by atoms with van der Waals surface area (Å²) in [6, 6.07) is 8.74. The number of quaternary nitrogens is 1. The molecule has 1 heteroatoms. The Balaban J connectivity index is 2.18. The minimum absolute atomic E-state index is 1.12. The van der Waals surface area contributed by atoms with E-state index in [9.17, 15) is 0 Å². The van der Waals surface area contributed by atoms with Crippen LogP contribution in [0.5, 0.6) is 0 Å². The van der Waals surface area contributed by atoms with E-state index in [4.69, 9.17) is 0 Å². The van der Waals surface area contributed by atoms with Gasteiger partial charge in [-0.25, -0.2) is 6.07 Å². The molecule has 1 nitrogen and oxygen atoms in total. The molecule has 0 aliphatic carbocycles. The Morgan fingerprint density at radius 2 is 1.88 bits per heavy atom. The van der Waals surface area contributed by atoms with Crippen molar-refractivity contribution in [1.82, 2.24) is 0 Å². The summed E-state index contributed by atoms with van der Waals surface area (Å²) in [4.78, 5) is 0. The van der Waals surface area contributed by atoms with Crippen LogP contribution < -0.4 is 0 Å². The largest absolute Gasteiger partial charge is 0.335 e.